The molecule has 2 amide bonds. The second kappa shape index (κ2) is 6.78. The lowest BCUT2D eigenvalue weighted by Gasteiger charge is -2.19. The number of rotatable bonds is 5. The van der Waals surface area contributed by atoms with Gasteiger partial charge in [-0.15, -0.1) is 0 Å². The predicted octanol–water partition coefficient (Wildman–Crippen LogP) is 1.31. The Balaban J connectivity index is 1.57. The zero-order valence-corrected chi connectivity index (χ0v) is 16.1. The zero-order valence-electron chi connectivity index (χ0n) is 16.1. The van der Waals surface area contributed by atoms with Crippen LogP contribution in [-0.4, -0.2) is 56.7 Å². The molecule has 2 saturated heterocycles. The molecule has 4 heterocycles. The van der Waals surface area contributed by atoms with E-state index in [0.29, 0.717) is 47.6 Å². The van der Waals surface area contributed by atoms with Crippen molar-refractivity contribution in [2.45, 2.75) is 44.8 Å². The Morgan fingerprint density at radius 2 is 2.14 bits per heavy atom. The van der Waals surface area contributed by atoms with Crippen molar-refractivity contribution in [1.29, 1.82) is 0 Å². The highest BCUT2D eigenvalue weighted by Crippen LogP contribution is 2.34. The summed E-state index contributed by atoms with van der Waals surface area (Å²) in [4.78, 5) is 34.5. The van der Waals surface area contributed by atoms with Crippen LogP contribution in [0.1, 0.15) is 38.2 Å². The monoisotopic (exact) mass is 399 g/mol. The van der Waals surface area contributed by atoms with Crippen LogP contribution in [0.5, 0.6) is 0 Å². The first-order valence-corrected chi connectivity index (χ1v) is 9.94. The average Bonchev–Trinajstić information content (AvgIpc) is 3.22. The van der Waals surface area contributed by atoms with Gasteiger partial charge in [-0.1, -0.05) is 0 Å². The molecule has 1 saturated carbocycles. The number of fused-ring (bicyclic) bond motifs is 1. The highest BCUT2D eigenvalue weighted by molar-refractivity contribution is 6.15. The van der Waals surface area contributed by atoms with Gasteiger partial charge < -0.3 is 10.2 Å². The number of aromatic nitrogens is 4. The summed E-state index contributed by atoms with van der Waals surface area (Å²) in [7, 11) is 0. The summed E-state index contributed by atoms with van der Waals surface area (Å²) >= 11 is 0. The van der Waals surface area contributed by atoms with Gasteiger partial charge in [-0.25, -0.2) is 4.39 Å². The zero-order chi connectivity index (χ0) is 20.1. The molecule has 2 aliphatic heterocycles. The SMILES string of the molecule is CC(Nc1nc(N2CCC(F)C2)n2ncc(C=C3CC(=O)NC3=O)c2n1)C1CC1. The van der Waals surface area contributed by atoms with Crippen molar-refractivity contribution in [3.63, 3.8) is 0 Å². The Morgan fingerprint density at radius 1 is 1.31 bits per heavy atom. The molecule has 5 rings (SSSR count). The summed E-state index contributed by atoms with van der Waals surface area (Å²) in [5.74, 6) is 0.877. The molecule has 1 aliphatic carbocycles. The fourth-order valence-electron chi connectivity index (χ4n) is 3.88. The van der Waals surface area contributed by atoms with E-state index in [1.165, 1.54) is 12.8 Å². The number of imide groups is 1. The lowest BCUT2D eigenvalue weighted by atomic mass is 10.1. The maximum Gasteiger partial charge on any atom is 0.254 e. The number of hydrogen-bond acceptors (Lipinski definition) is 7. The highest BCUT2D eigenvalue weighted by atomic mass is 19.1. The Morgan fingerprint density at radius 3 is 2.79 bits per heavy atom. The van der Waals surface area contributed by atoms with Crippen LogP contribution in [0.15, 0.2) is 11.8 Å². The molecular formula is C19H22FN7O2. The molecule has 2 atom stereocenters. The van der Waals surface area contributed by atoms with Crippen molar-refractivity contribution < 1.29 is 14.0 Å². The number of carbonyl (C=O) groups excluding carboxylic acids is 2. The molecule has 3 aliphatic rings. The molecular weight excluding hydrogens is 377 g/mol. The number of anilines is 2. The summed E-state index contributed by atoms with van der Waals surface area (Å²) in [6, 6.07) is 0.237. The van der Waals surface area contributed by atoms with Gasteiger partial charge in [0.1, 0.15) is 6.17 Å². The van der Waals surface area contributed by atoms with Gasteiger partial charge in [0.05, 0.1) is 19.2 Å². The quantitative estimate of drug-likeness (QED) is 0.577. The normalized spacial score (nSPS) is 24.6. The van der Waals surface area contributed by atoms with Gasteiger partial charge in [0.2, 0.25) is 17.8 Å². The van der Waals surface area contributed by atoms with Gasteiger partial charge in [-0.3, -0.25) is 14.9 Å². The molecule has 3 fully saturated rings. The molecule has 0 bridgehead atoms. The fourth-order valence-corrected chi connectivity index (χ4v) is 3.88. The molecule has 2 N–H and O–H groups in total. The van der Waals surface area contributed by atoms with Gasteiger partial charge in [-0.2, -0.15) is 19.6 Å². The molecule has 2 aromatic heterocycles. The van der Waals surface area contributed by atoms with Crippen molar-refractivity contribution in [2.24, 2.45) is 5.92 Å². The van der Waals surface area contributed by atoms with Gasteiger partial charge >= 0.3 is 0 Å². The van der Waals surface area contributed by atoms with Crippen molar-refractivity contribution in [3.05, 3.63) is 17.3 Å². The topological polar surface area (TPSA) is 105 Å². The molecule has 152 valence electrons. The van der Waals surface area contributed by atoms with Crippen LogP contribution in [0.4, 0.5) is 16.3 Å². The third-order valence-corrected chi connectivity index (χ3v) is 5.70. The van der Waals surface area contributed by atoms with Crippen LogP contribution in [0.25, 0.3) is 11.7 Å². The number of nitrogens with zero attached hydrogens (tertiary/aromatic N) is 5. The minimum absolute atomic E-state index is 0.0353. The Hall–Kier alpha value is -3.04. The van der Waals surface area contributed by atoms with E-state index < -0.39 is 12.1 Å². The van der Waals surface area contributed by atoms with E-state index in [-0.39, 0.29) is 24.9 Å². The van der Waals surface area contributed by atoms with E-state index >= 15 is 0 Å². The van der Waals surface area contributed by atoms with Gasteiger partial charge in [-0.05, 0) is 38.2 Å². The van der Waals surface area contributed by atoms with E-state index in [0.717, 1.165) is 0 Å². The molecule has 2 aromatic rings. The second-order valence-corrected chi connectivity index (χ2v) is 8.01. The first-order chi connectivity index (χ1) is 14.0. The Bertz CT molecular complexity index is 1030. The van der Waals surface area contributed by atoms with E-state index in [1.807, 2.05) is 4.90 Å². The highest BCUT2D eigenvalue weighted by Gasteiger charge is 2.30. The number of carbonyl (C=O) groups is 2. The van der Waals surface area contributed by atoms with Crippen molar-refractivity contribution in [3.8, 4) is 0 Å². The molecule has 9 nitrogen and oxygen atoms in total. The standard InChI is InChI=1S/C19H22FN7O2/c1-10(11-2-3-11)22-18-24-16-13(6-12-7-15(28)23-17(12)29)8-21-27(16)19(25-18)26-5-4-14(20)9-26/h6,8,10-11,14H,2-5,7,9H2,1H3,(H,22,24)(H,23,28,29). The van der Waals surface area contributed by atoms with Crippen molar-refractivity contribution >= 4 is 35.4 Å². The molecule has 0 spiro atoms. The largest absolute Gasteiger partial charge is 0.351 e. The minimum Gasteiger partial charge on any atom is -0.351 e. The van der Waals surface area contributed by atoms with Gasteiger partial charge in [0.25, 0.3) is 5.91 Å². The van der Waals surface area contributed by atoms with E-state index in [4.69, 9.17) is 0 Å². The number of halogens is 1. The lowest BCUT2D eigenvalue weighted by molar-refractivity contribution is -0.124. The summed E-state index contributed by atoms with van der Waals surface area (Å²) in [5.41, 5.74) is 1.50. The van der Waals surface area contributed by atoms with E-state index in [2.05, 4.69) is 32.6 Å². The first-order valence-electron chi connectivity index (χ1n) is 9.94. The Labute approximate surface area is 166 Å². The molecule has 0 radical (unpaired) electrons. The minimum atomic E-state index is -0.896. The van der Waals surface area contributed by atoms with Crippen LogP contribution in [0, 0.1) is 5.92 Å². The van der Waals surface area contributed by atoms with E-state index in [1.54, 1.807) is 16.8 Å². The third kappa shape index (κ3) is 3.43. The lowest BCUT2D eigenvalue weighted by Crippen LogP contribution is -2.26. The Kier molecular flexibility index (Phi) is 4.21. The first kappa shape index (κ1) is 18.0. The number of amides is 2. The number of nitrogens with one attached hydrogen (secondary N) is 2. The maximum atomic E-state index is 13.8. The van der Waals surface area contributed by atoms with Crippen LogP contribution in [-0.2, 0) is 9.59 Å². The number of hydrogen-bond donors (Lipinski definition) is 2. The van der Waals surface area contributed by atoms with Crippen molar-refractivity contribution in [2.75, 3.05) is 23.3 Å². The van der Waals surface area contributed by atoms with Gasteiger partial charge in [0.15, 0.2) is 5.65 Å². The maximum absolute atomic E-state index is 13.8. The average molecular weight is 399 g/mol. The van der Waals surface area contributed by atoms with Crippen LogP contribution < -0.4 is 15.5 Å². The second-order valence-electron chi connectivity index (χ2n) is 8.01. The van der Waals surface area contributed by atoms with Crippen molar-refractivity contribution in [1.82, 2.24) is 24.9 Å². The van der Waals surface area contributed by atoms with Gasteiger partial charge in [0, 0.05) is 23.7 Å². The summed E-state index contributed by atoms with van der Waals surface area (Å²) in [5, 5.41) is 10.0. The molecule has 10 heteroatoms. The summed E-state index contributed by atoms with van der Waals surface area (Å²) in [6.45, 7) is 2.92. The number of alkyl halides is 1. The van der Waals surface area contributed by atoms with Crippen LogP contribution in [0.3, 0.4) is 0 Å². The van der Waals surface area contributed by atoms with Crippen LogP contribution >= 0.6 is 0 Å². The molecule has 0 aromatic carbocycles. The summed E-state index contributed by atoms with van der Waals surface area (Å²) in [6.07, 6.45) is 5.19. The predicted molar refractivity (Wildman–Crippen MR) is 104 cm³/mol. The van der Waals surface area contributed by atoms with E-state index in [9.17, 15) is 14.0 Å². The third-order valence-electron chi connectivity index (χ3n) is 5.70. The smallest absolute Gasteiger partial charge is 0.254 e. The molecule has 2 unspecified atom stereocenters. The fraction of sp³-hybridized carbons (Fsp3) is 0.526. The van der Waals surface area contributed by atoms with Crippen LogP contribution in [0.2, 0.25) is 0 Å². The summed E-state index contributed by atoms with van der Waals surface area (Å²) < 4.78 is 15.4. The molecule has 29 heavy (non-hydrogen) atoms.